The molecule has 2 aliphatic carbocycles. The van der Waals surface area contributed by atoms with Crippen LogP contribution in [0.15, 0.2) is 0 Å². The van der Waals surface area contributed by atoms with E-state index in [-0.39, 0.29) is 12.8 Å². The van der Waals surface area contributed by atoms with Crippen molar-refractivity contribution in [3.05, 3.63) is 0 Å². The maximum atomic E-state index is 13.2. The van der Waals surface area contributed by atoms with Crippen LogP contribution in [0.25, 0.3) is 0 Å². The van der Waals surface area contributed by atoms with Crippen molar-refractivity contribution in [2.24, 2.45) is 17.8 Å². The first-order valence-corrected chi connectivity index (χ1v) is 7.87. The van der Waals surface area contributed by atoms with Crippen LogP contribution >= 0.6 is 12.0 Å². The summed E-state index contributed by atoms with van der Waals surface area (Å²) in [7, 11) is 0. The molecule has 0 amide bonds. The summed E-state index contributed by atoms with van der Waals surface area (Å²) in [5.74, 6) is -4.83. The fourth-order valence-corrected chi connectivity index (χ4v) is 4.29. The van der Waals surface area contributed by atoms with Gasteiger partial charge in [0.05, 0.1) is 18.0 Å². The van der Waals surface area contributed by atoms with Gasteiger partial charge in [-0.3, -0.25) is 9.83 Å². The SMILES string of the molecule is O=C1OC2C3CC(CC13)C2OC(=O)C(SOO[O-])(C(F)(F)F)C(F)(F)F. The van der Waals surface area contributed by atoms with Gasteiger partial charge in [0, 0.05) is 11.8 Å². The Kier molecular flexibility index (Phi) is 4.61. The van der Waals surface area contributed by atoms with Gasteiger partial charge in [-0.05, 0) is 12.8 Å². The molecule has 0 spiro atoms. The van der Waals surface area contributed by atoms with E-state index in [9.17, 15) is 41.2 Å². The van der Waals surface area contributed by atoms with E-state index in [1.54, 1.807) is 0 Å². The highest BCUT2D eigenvalue weighted by molar-refractivity contribution is 7.96. The topological polar surface area (TPSA) is 94.1 Å². The molecule has 3 fully saturated rings. The van der Waals surface area contributed by atoms with Crippen molar-refractivity contribution in [2.75, 3.05) is 0 Å². The minimum atomic E-state index is -6.22. The molecule has 1 aliphatic heterocycles. The number of esters is 2. The molecular formula is C12H9F6O7S-. The molecule has 1 saturated heterocycles. The number of rotatable bonds is 5. The molecule has 0 N–H and O–H groups in total. The second-order valence-corrected chi connectivity index (χ2v) is 7.08. The summed E-state index contributed by atoms with van der Waals surface area (Å²) in [6, 6.07) is 0. The fourth-order valence-electron chi connectivity index (χ4n) is 3.86. The third kappa shape index (κ3) is 2.65. The lowest BCUT2D eigenvalue weighted by Crippen LogP contribution is -2.61. The second-order valence-electron chi connectivity index (χ2n) is 6.17. The molecule has 3 aliphatic rings. The van der Waals surface area contributed by atoms with Gasteiger partial charge in [-0.2, -0.15) is 30.7 Å². The van der Waals surface area contributed by atoms with E-state index in [4.69, 9.17) is 4.74 Å². The van der Waals surface area contributed by atoms with Crippen molar-refractivity contribution < 1.29 is 60.0 Å². The van der Waals surface area contributed by atoms with Crippen LogP contribution in [0.3, 0.4) is 0 Å². The molecule has 2 saturated carbocycles. The highest BCUT2D eigenvalue weighted by Crippen LogP contribution is 2.57. The molecular weight excluding hydrogens is 402 g/mol. The molecule has 7 nitrogen and oxygen atoms in total. The van der Waals surface area contributed by atoms with E-state index >= 15 is 0 Å². The van der Waals surface area contributed by atoms with Crippen LogP contribution in [0.1, 0.15) is 12.8 Å². The van der Waals surface area contributed by atoms with Crippen molar-refractivity contribution in [2.45, 2.75) is 42.1 Å². The van der Waals surface area contributed by atoms with E-state index in [0.717, 1.165) is 0 Å². The van der Waals surface area contributed by atoms with Gasteiger partial charge in [-0.1, -0.05) is 0 Å². The zero-order valence-corrected chi connectivity index (χ0v) is 13.2. The monoisotopic (exact) mass is 411 g/mol. The normalized spacial score (nSPS) is 33.5. The largest absolute Gasteiger partial charge is 0.691 e. The highest BCUT2D eigenvalue weighted by Gasteiger charge is 2.79. The first kappa shape index (κ1) is 19.5. The molecule has 2 bridgehead atoms. The minimum Gasteiger partial charge on any atom is -0.691 e. The molecule has 1 heterocycles. The van der Waals surface area contributed by atoms with Gasteiger partial charge >= 0.3 is 29.0 Å². The Morgan fingerprint density at radius 2 is 1.77 bits per heavy atom. The third-order valence-corrected chi connectivity index (χ3v) is 5.93. The smallest absolute Gasteiger partial charge is 0.425 e. The Balaban J connectivity index is 1.88. The van der Waals surface area contributed by atoms with Gasteiger partial charge in [0.1, 0.15) is 12.2 Å². The van der Waals surface area contributed by atoms with Crippen LogP contribution in [0, 0.1) is 17.8 Å². The highest BCUT2D eigenvalue weighted by atomic mass is 32.2. The van der Waals surface area contributed by atoms with E-state index < -0.39 is 71.0 Å². The lowest BCUT2D eigenvalue weighted by Gasteiger charge is -2.35. The second kappa shape index (κ2) is 6.14. The molecule has 0 aromatic rings. The number of carbonyl (C=O) groups is 2. The Labute approximate surface area is 144 Å². The standard InChI is InChI=1S/C12H10F6O7S/c13-11(14,15)10(12(16,17)18,26-25-24-21)9(20)23-6-3-1-4-5(2-3)8(19)22-7(4)6/h3-7,21H,1-2H2/p-1. The average Bonchev–Trinajstić information content (AvgIpc) is 3.10. The van der Waals surface area contributed by atoms with Crippen LogP contribution in [-0.2, 0) is 28.4 Å². The predicted molar refractivity (Wildman–Crippen MR) is 64.1 cm³/mol. The number of hydrogen-bond acceptors (Lipinski definition) is 8. The molecule has 26 heavy (non-hydrogen) atoms. The maximum absolute atomic E-state index is 13.2. The van der Waals surface area contributed by atoms with Gasteiger partial charge in [0.2, 0.25) is 0 Å². The van der Waals surface area contributed by atoms with Gasteiger partial charge in [0.25, 0.3) is 0 Å². The Bertz CT molecular complexity index is 594. The number of alkyl halides is 6. The Morgan fingerprint density at radius 1 is 1.15 bits per heavy atom. The molecule has 0 aromatic heterocycles. The number of fused-ring (bicyclic) bond motifs is 1. The van der Waals surface area contributed by atoms with E-state index in [1.807, 2.05) is 0 Å². The summed E-state index contributed by atoms with van der Waals surface area (Å²) >= 11 is -1.55. The molecule has 5 atom stereocenters. The summed E-state index contributed by atoms with van der Waals surface area (Å²) in [6.45, 7) is 0. The number of hydrogen-bond donors (Lipinski definition) is 0. The summed E-state index contributed by atoms with van der Waals surface area (Å²) in [5, 5.41) is 12.3. The quantitative estimate of drug-likeness (QED) is 0.219. The summed E-state index contributed by atoms with van der Waals surface area (Å²) in [6.07, 6.45) is -14.5. The van der Waals surface area contributed by atoms with Crippen LogP contribution in [0.5, 0.6) is 0 Å². The van der Waals surface area contributed by atoms with E-state index in [1.165, 1.54) is 0 Å². The lowest BCUT2D eigenvalue weighted by molar-refractivity contribution is -0.777. The number of ether oxygens (including phenoxy) is 2. The molecule has 0 aromatic carbocycles. The van der Waals surface area contributed by atoms with Gasteiger partial charge in [0.15, 0.2) is 0 Å². The average molecular weight is 411 g/mol. The first-order valence-electron chi connectivity index (χ1n) is 7.13. The van der Waals surface area contributed by atoms with E-state index in [2.05, 4.69) is 14.1 Å². The van der Waals surface area contributed by atoms with Crippen molar-refractivity contribution in [1.29, 1.82) is 0 Å². The third-order valence-electron chi connectivity index (χ3n) is 4.93. The van der Waals surface area contributed by atoms with Gasteiger partial charge in [-0.15, -0.1) is 0 Å². The zero-order valence-electron chi connectivity index (χ0n) is 12.3. The summed E-state index contributed by atoms with van der Waals surface area (Å²) in [5.41, 5.74) is 0. The molecule has 148 valence electrons. The predicted octanol–water partition coefficient (Wildman–Crippen LogP) is 1.21. The maximum Gasteiger partial charge on any atom is 0.425 e. The fraction of sp³-hybridized carbons (Fsp3) is 0.833. The molecule has 3 rings (SSSR count). The molecule has 5 unspecified atom stereocenters. The lowest BCUT2D eigenvalue weighted by atomic mass is 9.88. The Hall–Kier alpha value is -1.25. The zero-order chi connectivity index (χ0) is 19.5. The van der Waals surface area contributed by atoms with Crippen LogP contribution in [-0.4, -0.2) is 41.2 Å². The molecule has 0 radical (unpaired) electrons. The van der Waals surface area contributed by atoms with Crippen molar-refractivity contribution >= 4 is 24.0 Å². The number of carbonyl (C=O) groups excluding carboxylic acids is 2. The summed E-state index contributed by atoms with van der Waals surface area (Å²) < 4.78 is 86.6. The van der Waals surface area contributed by atoms with Crippen molar-refractivity contribution in [1.82, 2.24) is 0 Å². The van der Waals surface area contributed by atoms with Crippen molar-refractivity contribution in [3.8, 4) is 0 Å². The Morgan fingerprint density at radius 3 is 2.31 bits per heavy atom. The van der Waals surface area contributed by atoms with Crippen LogP contribution in [0.4, 0.5) is 26.3 Å². The van der Waals surface area contributed by atoms with Crippen LogP contribution in [0.2, 0.25) is 0 Å². The summed E-state index contributed by atoms with van der Waals surface area (Å²) in [4.78, 5) is 23.6. The van der Waals surface area contributed by atoms with Gasteiger partial charge in [-0.25, -0.2) is 4.79 Å². The minimum absolute atomic E-state index is 0.149. The van der Waals surface area contributed by atoms with E-state index in [0.29, 0.717) is 0 Å². The van der Waals surface area contributed by atoms with Crippen LogP contribution < -0.4 is 5.26 Å². The number of halogens is 6. The molecule has 14 heteroatoms. The van der Waals surface area contributed by atoms with Gasteiger partial charge < -0.3 is 14.7 Å². The van der Waals surface area contributed by atoms with Crippen molar-refractivity contribution in [3.63, 3.8) is 0 Å². The first-order chi connectivity index (χ1) is 11.9.